The van der Waals surface area contributed by atoms with Gasteiger partial charge in [-0.25, -0.2) is 0 Å². The Kier molecular flexibility index (Phi) is 6.06. The highest BCUT2D eigenvalue weighted by Gasteiger charge is 2.34. The first-order chi connectivity index (χ1) is 14.6. The van der Waals surface area contributed by atoms with Crippen LogP contribution in [0.15, 0.2) is 48.0 Å². The monoisotopic (exact) mass is 425 g/mol. The lowest BCUT2D eigenvalue weighted by atomic mass is 10.1. The van der Waals surface area contributed by atoms with Crippen LogP contribution in [0.3, 0.4) is 0 Å². The Morgan fingerprint density at radius 2 is 2.17 bits per heavy atom. The van der Waals surface area contributed by atoms with E-state index in [9.17, 15) is 14.4 Å². The fraction of sp³-hybridized carbons (Fsp3) is 0.318. The van der Waals surface area contributed by atoms with E-state index in [1.54, 1.807) is 6.08 Å². The minimum atomic E-state index is -0.323. The zero-order valence-electron chi connectivity index (χ0n) is 16.5. The number of ether oxygens (including phenoxy) is 1. The lowest BCUT2D eigenvalue weighted by molar-refractivity contribution is -0.123. The number of imide groups is 1. The van der Waals surface area contributed by atoms with E-state index in [2.05, 4.69) is 11.9 Å². The number of amides is 3. The highest BCUT2D eigenvalue weighted by atomic mass is 32.2. The van der Waals surface area contributed by atoms with Gasteiger partial charge in [0.2, 0.25) is 5.91 Å². The van der Waals surface area contributed by atoms with Gasteiger partial charge in [0.05, 0.1) is 11.0 Å². The molecule has 2 saturated heterocycles. The Labute approximate surface area is 178 Å². The van der Waals surface area contributed by atoms with Gasteiger partial charge in [-0.15, -0.1) is 6.58 Å². The summed E-state index contributed by atoms with van der Waals surface area (Å²) >= 11 is 0.919. The summed E-state index contributed by atoms with van der Waals surface area (Å²) in [7, 11) is 0. The number of carbonyl (C=O) groups excluding carboxylic acids is 3. The van der Waals surface area contributed by atoms with Crippen molar-refractivity contribution in [2.24, 2.45) is 0 Å². The lowest BCUT2D eigenvalue weighted by Gasteiger charge is -2.11. The van der Waals surface area contributed by atoms with Crippen molar-refractivity contribution in [3.05, 3.63) is 53.6 Å². The third-order valence-corrected chi connectivity index (χ3v) is 6.06. The van der Waals surface area contributed by atoms with E-state index in [1.807, 2.05) is 35.0 Å². The van der Waals surface area contributed by atoms with Crippen molar-refractivity contribution in [1.29, 1.82) is 0 Å². The molecule has 0 radical (unpaired) electrons. The Hall–Kier alpha value is -2.84. The van der Waals surface area contributed by atoms with Crippen LogP contribution in [-0.4, -0.2) is 52.3 Å². The second-order valence-corrected chi connectivity index (χ2v) is 8.24. The number of carbonyl (C=O) groups is 3. The zero-order valence-corrected chi connectivity index (χ0v) is 17.3. The predicted molar refractivity (Wildman–Crippen MR) is 117 cm³/mol. The first-order valence-electron chi connectivity index (χ1n) is 9.89. The highest BCUT2D eigenvalue weighted by Crippen LogP contribution is 2.34. The molecule has 2 aliphatic rings. The summed E-state index contributed by atoms with van der Waals surface area (Å²) in [5.74, 6) is -0.417. The maximum absolute atomic E-state index is 12.5. The van der Waals surface area contributed by atoms with E-state index in [4.69, 9.17) is 4.74 Å². The Morgan fingerprint density at radius 3 is 2.93 bits per heavy atom. The average Bonchev–Trinajstić information content (AvgIpc) is 3.44. The normalized spacial score (nSPS) is 20.5. The van der Waals surface area contributed by atoms with Crippen molar-refractivity contribution in [1.82, 2.24) is 14.8 Å². The molecule has 2 fully saturated rings. The molecule has 0 saturated carbocycles. The molecule has 1 aromatic carbocycles. The Morgan fingerprint density at radius 1 is 1.33 bits per heavy atom. The third kappa shape index (κ3) is 4.20. The number of thioether (sulfide) groups is 1. The van der Waals surface area contributed by atoms with Gasteiger partial charge in [0.1, 0.15) is 6.54 Å². The van der Waals surface area contributed by atoms with Gasteiger partial charge in [0, 0.05) is 42.4 Å². The average molecular weight is 426 g/mol. The number of hydrogen-bond acceptors (Lipinski definition) is 5. The van der Waals surface area contributed by atoms with Gasteiger partial charge in [0.15, 0.2) is 0 Å². The molecule has 30 heavy (non-hydrogen) atoms. The highest BCUT2D eigenvalue weighted by molar-refractivity contribution is 8.18. The first-order valence-corrected chi connectivity index (χ1v) is 10.7. The van der Waals surface area contributed by atoms with E-state index in [1.165, 1.54) is 11.0 Å². The van der Waals surface area contributed by atoms with Crippen LogP contribution in [0.4, 0.5) is 4.79 Å². The van der Waals surface area contributed by atoms with Gasteiger partial charge in [0.25, 0.3) is 11.1 Å². The van der Waals surface area contributed by atoms with Crippen LogP contribution in [0.2, 0.25) is 0 Å². The van der Waals surface area contributed by atoms with E-state index >= 15 is 0 Å². The van der Waals surface area contributed by atoms with Crippen LogP contribution in [0.25, 0.3) is 17.0 Å². The molecular weight excluding hydrogens is 402 g/mol. The first kappa shape index (κ1) is 20.4. The molecule has 3 heterocycles. The van der Waals surface area contributed by atoms with E-state index in [-0.39, 0.29) is 36.2 Å². The second kappa shape index (κ2) is 8.89. The van der Waals surface area contributed by atoms with E-state index in [0.29, 0.717) is 11.4 Å². The van der Waals surface area contributed by atoms with Gasteiger partial charge in [-0.1, -0.05) is 24.3 Å². The van der Waals surface area contributed by atoms with Crippen molar-refractivity contribution in [3.8, 4) is 0 Å². The van der Waals surface area contributed by atoms with Gasteiger partial charge >= 0.3 is 0 Å². The molecule has 0 bridgehead atoms. The summed E-state index contributed by atoms with van der Waals surface area (Å²) in [5.41, 5.74) is 1.68. The maximum atomic E-state index is 12.5. The third-order valence-electron chi connectivity index (χ3n) is 5.16. The molecule has 3 amide bonds. The molecule has 1 N–H and O–H groups in total. The van der Waals surface area contributed by atoms with Crippen LogP contribution in [0.1, 0.15) is 18.4 Å². The summed E-state index contributed by atoms with van der Waals surface area (Å²) < 4.78 is 7.41. The molecule has 7 nitrogen and oxygen atoms in total. The van der Waals surface area contributed by atoms with Gasteiger partial charge < -0.3 is 14.6 Å². The molecule has 8 heteroatoms. The van der Waals surface area contributed by atoms with Crippen molar-refractivity contribution in [2.45, 2.75) is 25.5 Å². The Balaban J connectivity index is 1.55. The largest absolute Gasteiger partial charge is 0.376 e. The number of rotatable bonds is 7. The molecule has 0 spiro atoms. The number of hydrogen-bond donors (Lipinski definition) is 1. The van der Waals surface area contributed by atoms with Crippen molar-refractivity contribution in [3.63, 3.8) is 0 Å². The van der Waals surface area contributed by atoms with Crippen LogP contribution >= 0.6 is 11.8 Å². The fourth-order valence-corrected chi connectivity index (χ4v) is 4.53. The maximum Gasteiger partial charge on any atom is 0.293 e. The van der Waals surface area contributed by atoms with Gasteiger partial charge in [-0.05, 0) is 36.7 Å². The molecule has 0 aliphatic carbocycles. The topological polar surface area (TPSA) is 80.6 Å². The number of aromatic nitrogens is 1. The molecule has 156 valence electrons. The summed E-state index contributed by atoms with van der Waals surface area (Å²) in [4.78, 5) is 38.6. The molecule has 1 atom stereocenters. The van der Waals surface area contributed by atoms with Gasteiger partial charge in [-0.3, -0.25) is 19.3 Å². The predicted octanol–water partition coefficient (Wildman–Crippen LogP) is 3.16. The van der Waals surface area contributed by atoms with E-state index < -0.39 is 0 Å². The molecule has 2 aliphatic heterocycles. The van der Waals surface area contributed by atoms with Crippen LogP contribution in [0.5, 0.6) is 0 Å². The van der Waals surface area contributed by atoms with Crippen molar-refractivity contribution in [2.75, 3.05) is 19.7 Å². The van der Waals surface area contributed by atoms with Crippen LogP contribution < -0.4 is 5.32 Å². The smallest absolute Gasteiger partial charge is 0.293 e. The summed E-state index contributed by atoms with van der Waals surface area (Å²) in [6.07, 6.45) is 7.19. The summed E-state index contributed by atoms with van der Waals surface area (Å²) in [6, 6.07) is 7.69. The van der Waals surface area contributed by atoms with Crippen LogP contribution in [-0.2, 0) is 20.9 Å². The second-order valence-electron chi connectivity index (χ2n) is 7.25. The molecular formula is C22H23N3O4S. The number of nitrogens with zero attached hydrogens (tertiary/aromatic N) is 2. The minimum Gasteiger partial charge on any atom is -0.376 e. The number of fused-ring (bicyclic) bond motifs is 1. The van der Waals surface area contributed by atoms with Crippen LogP contribution in [0, 0.1) is 0 Å². The number of para-hydroxylation sites is 1. The Bertz CT molecular complexity index is 1040. The molecule has 1 aromatic heterocycles. The van der Waals surface area contributed by atoms with Crippen molar-refractivity contribution < 1.29 is 19.1 Å². The number of nitrogens with one attached hydrogen (secondary N) is 1. The molecule has 0 unspecified atom stereocenters. The standard InChI is InChI=1S/C22H23N3O4S/c1-2-9-25-21(27)19(30-22(25)28)11-15-13-24(18-8-4-3-7-17(15)18)14-20(26)23-12-16-6-5-10-29-16/h2-4,7-8,11,13,16H,1,5-6,9-10,12,14H2,(H,23,26)/b19-11-/t16-/m1/s1. The molecule has 4 rings (SSSR count). The number of benzene rings is 1. The minimum absolute atomic E-state index is 0.0934. The quantitative estimate of drug-likeness (QED) is 0.544. The zero-order chi connectivity index (χ0) is 21.1. The fourth-order valence-electron chi connectivity index (χ4n) is 3.69. The van der Waals surface area contributed by atoms with Crippen molar-refractivity contribution >= 4 is 45.8 Å². The lowest BCUT2D eigenvalue weighted by Crippen LogP contribution is -2.34. The van der Waals surface area contributed by atoms with Gasteiger partial charge in [-0.2, -0.15) is 0 Å². The van der Waals surface area contributed by atoms with E-state index in [0.717, 1.165) is 47.7 Å². The molecule has 2 aromatic rings. The summed E-state index contributed by atoms with van der Waals surface area (Å²) in [5, 5.41) is 3.55. The summed E-state index contributed by atoms with van der Waals surface area (Å²) in [6.45, 7) is 5.21. The SMILES string of the molecule is C=CCN1C(=O)S/C(=C\c2cn(CC(=O)NC[C@H]3CCCO3)c3ccccc23)C1=O.